The Kier molecular flexibility index (Phi) is 16.4. The first-order chi connectivity index (χ1) is 15.1. The fourth-order valence-corrected chi connectivity index (χ4v) is 3.68. The number of carbonyl (C=O) groups is 1. The van der Waals surface area contributed by atoms with Crippen LogP contribution in [0.2, 0.25) is 0 Å². The van der Waals surface area contributed by atoms with E-state index in [2.05, 4.69) is 22.8 Å². The van der Waals surface area contributed by atoms with Gasteiger partial charge in [0.1, 0.15) is 0 Å². The minimum atomic E-state index is -0.972. The van der Waals surface area contributed by atoms with E-state index in [-0.39, 0.29) is 5.56 Å². The van der Waals surface area contributed by atoms with Gasteiger partial charge in [0.05, 0.1) is 11.8 Å². The Hall–Kier alpha value is -1.95. The molecule has 174 valence electrons. The molecule has 0 radical (unpaired) electrons. The summed E-state index contributed by atoms with van der Waals surface area (Å²) in [5.74, 6) is -0.972. The van der Waals surface area contributed by atoms with Crippen LogP contribution in [-0.2, 0) is 0 Å². The molecule has 3 N–H and O–H groups in total. The van der Waals surface area contributed by atoms with Crippen molar-refractivity contribution < 1.29 is 9.90 Å². The van der Waals surface area contributed by atoms with E-state index in [1.54, 1.807) is 24.3 Å². The number of hydrogen-bond donors (Lipinski definition) is 3. The van der Waals surface area contributed by atoms with Crippen molar-refractivity contribution >= 4 is 29.5 Å². The number of hydrogen-bond acceptors (Lipinski definition) is 3. The Morgan fingerprint density at radius 2 is 1.42 bits per heavy atom. The number of benzene rings is 1. The van der Waals surface area contributed by atoms with Crippen molar-refractivity contribution in [2.24, 2.45) is 5.10 Å². The standard InChI is InChI=1S/C25H41N3O2S/c1-2-3-4-5-6-7-8-9-10-11-12-13-14-17-20-26-25(31)28-27-21-22-18-15-16-19-23(22)24(29)30/h15-16,18-19,21H,2-14,17,20H2,1H3,(H,29,30)(H2,26,28,31). The van der Waals surface area contributed by atoms with Crippen molar-refractivity contribution in [2.45, 2.75) is 96.8 Å². The molecule has 0 saturated carbocycles. The summed E-state index contributed by atoms with van der Waals surface area (Å²) in [6.07, 6.45) is 20.3. The molecule has 0 aliphatic heterocycles. The van der Waals surface area contributed by atoms with Crippen LogP contribution < -0.4 is 10.7 Å². The molecule has 1 aromatic carbocycles. The average molecular weight is 448 g/mol. The van der Waals surface area contributed by atoms with Gasteiger partial charge in [-0.05, 0) is 24.7 Å². The molecule has 0 bridgehead atoms. The number of hydrazone groups is 1. The minimum absolute atomic E-state index is 0.217. The zero-order chi connectivity index (χ0) is 22.6. The van der Waals surface area contributed by atoms with Gasteiger partial charge in [-0.25, -0.2) is 4.79 Å². The average Bonchev–Trinajstić information content (AvgIpc) is 2.76. The normalized spacial score (nSPS) is 11.0. The van der Waals surface area contributed by atoms with E-state index < -0.39 is 5.97 Å². The third kappa shape index (κ3) is 14.6. The highest BCUT2D eigenvalue weighted by Crippen LogP contribution is 2.12. The van der Waals surface area contributed by atoms with Gasteiger partial charge in [0, 0.05) is 12.1 Å². The Morgan fingerprint density at radius 3 is 1.97 bits per heavy atom. The van der Waals surface area contributed by atoms with E-state index in [9.17, 15) is 4.79 Å². The third-order valence-electron chi connectivity index (χ3n) is 5.38. The van der Waals surface area contributed by atoms with Crippen LogP contribution in [0.25, 0.3) is 0 Å². The van der Waals surface area contributed by atoms with Gasteiger partial charge in [0.25, 0.3) is 0 Å². The number of carboxylic acids is 1. The van der Waals surface area contributed by atoms with Gasteiger partial charge in [-0.2, -0.15) is 5.10 Å². The SMILES string of the molecule is CCCCCCCCCCCCCCCCNC(=S)NN=Cc1ccccc1C(=O)O. The van der Waals surface area contributed by atoms with Gasteiger partial charge in [0.2, 0.25) is 0 Å². The number of thiocarbonyl (C=S) groups is 1. The number of nitrogens with zero attached hydrogens (tertiary/aromatic N) is 1. The van der Waals surface area contributed by atoms with Gasteiger partial charge >= 0.3 is 5.97 Å². The fourth-order valence-electron chi connectivity index (χ4n) is 3.53. The molecule has 5 nitrogen and oxygen atoms in total. The highest BCUT2D eigenvalue weighted by atomic mass is 32.1. The van der Waals surface area contributed by atoms with E-state index in [1.165, 1.54) is 89.7 Å². The Balaban J connectivity index is 1.93. The summed E-state index contributed by atoms with van der Waals surface area (Å²) >= 11 is 5.20. The van der Waals surface area contributed by atoms with Crippen LogP contribution in [0, 0.1) is 0 Å². The molecule has 0 atom stereocenters. The van der Waals surface area contributed by atoms with E-state index >= 15 is 0 Å². The summed E-state index contributed by atoms with van der Waals surface area (Å²) in [6, 6.07) is 6.73. The third-order valence-corrected chi connectivity index (χ3v) is 5.61. The molecule has 6 heteroatoms. The molecule has 0 aromatic heterocycles. The number of nitrogens with one attached hydrogen (secondary N) is 2. The van der Waals surface area contributed by atoms with Gasteiger partial charge in [-0.15, -0.1) is 0 Å². The van der Waals surface area contributed by atoms with Crippen LogP contribution in [0.3, 0.4) is 0 Å². The molecule has 0 amide bonds. The molecule has 0 aliphatic carbocycles. The number of aromatic carboxylic acids is 1. The Labute approximate surface area is 194 Å². The van der Waals surface area contributed by atoms with Gasteiger partial charge in [-0.1, -0.05) is 109 Å². The van der Waals surface area contributed by atoms with Crippen LogP contribution in [0.15, 0.2) is 29.4 Å². The molecule has 1 rings (SSSR count). The molecule has 0 aliphatic rings. The van der Waals surface area contributed by atoms with Gasteiger partial charge in [0.15, 0.2) is 5.11 Å². The zero-order valence-corrected chi connectivity index (χ0v) is 20.0. The molecule has 0 spiro atoms. The molecule has 1 aromatic rings. The van der Waals surface area contributed by atoms with Crippen molar-refractivity contribution in [3.63, 3.8) is 0 Å². The maximum atomic E-state index is 11.2. The van der Waals surface area contributed by atoms with E-state index in [0.29, 0.717) is 10.7 Å². The second kappa shape index (κ2) is 18.8. The first kappa shape index (κ1) is 27.1. The van der Waals surface area contributed by atoms with Crippen LogP contribution in [0.4, 0.5) is 0 Å². The number of rotatable bonds is 18. The number of carboxylic acid groups (broad SMARTS) is 1. The lowest BCUT2D eigenvalue weighted by Crippen LogP contribution is -2.32. The minimum Gasteiger partial charge on any atom is -0.478 e. The van der Waals surface area contributed by atoms with E-state index in [0.717, 1.165) is 13.0 Å². The Morgan fingerprint density at radius 1 is 0.903 bits per heavy atom. The summed E-state index contributed by atoms with van der Waals surface area (Å²) in [6.45, 7) is 3.09. The van der Waals surface area contributed by atoms with Crippen LogP contribution >= 0.6 is 12.2 Å². The zero-order valence-electron chi connectivity index (χ0n) is 19.2. The molecular weight excluding hydrogens is 406 g/mol. The van der Waals surface area contributed by atoms with Crippen molar-refractivity contribution in [1.29, 1.82) is 0 Å². The number of unbranched alkanes of at least 4 members (excludes halogenated alkanes) is 13. The summed E-state index contributed by atoms with van der Waals surface area (Å²) in [5.41, 5.74) is 3.50. The molecular formula is C25H41N3O2S. The lowest BCUT2D eigenvalue weighted by Gasteiger charge is -2.07. The second-order valence-electron chi connectivity index (χ2n) is 8.11. The first-order valence-corrected chi connectivity index (χ1v) is 12.4. The van der Waals surface area contributed by atoms with E-state index in [1.807, 2.05) is 0 Å². The lowest BCUT2D eigenvalue weighted by atomic mass is 10.0. The molecule has 31 heavy (non-hydrogen) atoms. The van der Waals surface area contributed by atoms with Gasteiger partial charge < -0.3 is 10.4 Å². The summed E-state index contributed by atoms with van der Waals surface area (Å²) in [5, 5.41) is 16.8. The first-order valence-electron chi connectivity index (χ1n) is 12.0. The van der Waals surface area contributed by atoms with Crippen LogP contribution in [-0.4, -0.2) is 28.9 Å². The van der Waals surface area contributed by atoms with Crippen LogP contribution in [0.5, 0.6) is 0 Å². The molecule has 0 unspecified atom stereocenters. The van der Waals surface area contributed by atoms with Crippen LogP contribution in [0.1, 0.15) is 113 Å². The molecule has 0 heterocycles. The summed E-state index contributed by atoms with van der Waals surface area (Å²) < 4.78 is 0. The molecule has 0 fully saturated rings. The predicted molar refractivity (Wildman–Crippen MR) is 135 cm³/mol. The molecule has 0 saturated heterocycles. The lowest BCUT2D eigenvalue weighted by molar-refractivity contribution is 0.0696. The van der Waals surface area contributed by atoms with Crippen molar-refractivity contribution in [3.05, 3.63) is 35.4 Å². The Bertz CT molecular complexity index is 649. The summed E-state index contributed by atoms with van der Waals surface area (Å²) in [7, 11) is 0. The monoisotopic (exact) mass is 447 g/mol. The fraction of sp³-hybridized carbons (Fsp3) is 0.640. The smallest absolute Gasteiger partial charge is 0.336 e. The topological polar surface area (TPSA) is 73.7 Å². The van der Waals surface area contributed by atoms with Crippen molar-refractivity contribution in [3.8, 4) is 0 Å². The van der Waals surface area contributed by atoms with Gasteiger partial charge in [-0.3, -0.25) is 5.43 Å². The summed E-state index contributed by atoms with van der Waals surface area (Å²) in [4.78, 5) is 11.2. The largest absolute Gasteiger partial charge is 0.478 e. The van der Waals surface area contributed by atoms with E-state index in [4.69, 9.17) is 17.3 Å². The van der Waals surface area contributed by atoms with Crippen molar-refractivity contribution in [1.82, 2.24) is 10.7 Å². The van der Waals surface area contributed by atoms with Crippen molar-refractivity contribution in [2.75, 3.05) is 6.54 Å². The highest BCUT2D eigenvalue weighted by Gasteiger charge is 2.06. The predicted octanol–water partition coefficient (Wildman–Crippen LogP) is 6.66. The maximum Gasteiger partial charge on any atom is 0.336 e. The quantitative estimate of drug-likeness (QED) is 0.101. The maximum absolute atomic E-state index is 11.2. The highest BCUT2D eigenvalue weighted by molar-refractivity contribution is 7.80. The second-order valence-corrected chi connectivity index (χ2v) is 8.52.